The molecule has 3 nitrogen and oxygen atoms in total. The van der Waals surface area contributed by atoms with Crippen molar-refractivity contribution in [2.45, 2.75) is 12.5 Å². The van der Waals surface area contributed by atoms with Gasteiger partial charge < -0.3 is 9.84 Å². The lowest BCUT2D eigenvalue weighted by atomic mass is 10.0. The van der Waals surface area contributed by atoms with Gasteiger partial charge in [0.2, 0.25) is 5.95 Å². The maximum Gasteiger partial charge on any atom is 0.217 e. The standard InChI is InChI=1S/C14H12BrClFNO2/c1-20-12-4-2-8(6-10(12)15)11(19)7-9-3-5-13(16)18-14(9)17/h2-6,11,19H,7H2,1H3. The monoisotopic (exact) mass is 359 g/mol. The zero-order chi connectivity index (χ0) is 14.7. The van der Waals surface area contributed by atoms with E-state index in [0.29, 0.717) is 16.9 Å². The number of aliphatic hydroxyl groups excluding tert-OH is 1. The first-order valence-electron chi connectivity index (χ1n) is 5.83. The van der Waals surface area contributed by atoms with Crippen molar-refractivity contribution in [1.82, 2.24) is 4.98 Å². The Morgan fingerprint density at radius 2 is 2.15 bits per heavy atom. The molecule has 0 saturated carbocycles. The molecular weight excluding hydrogens is 349 g/mol. The van der Waals surface area contributed by atoms with Crippen molar-refractivity contribution in [3.05, 3.63) is 57.0 Å². The number of hydrogen-bond acceptors (Lipinski definition) is 3. The van der Waals surface area contributed by atoms with E-state index >= 15 is 0 Å². The Kier molecular flexibility index (Phi) is 4.96. The molecule has 0 fully saturated rings. The topological polar surface area (TPSA) is 42.4 Å². The first-order valence-corrected chi connectivity index (χ1v) is 7.00. The summed E-state index contributed by atoms with van der Waals surface area (Å²) in [7, 11) is 1.56. The Hall–Kier alpha value is -1.17. The fraction of sp³-hybridized carbons (Fsp3) is 0.214. The lowest BCUT2D eigenvalue weighted by Crippen LogP contribution is -2.05. The molecule has 0 spiro atoms. The molecule has 0 aliphatic carbocycles. The molecule has 1 aromatic heterocycles. The van der Waals surface area contributed by atoms with E-state index in [0.717, 1.165) is 4.47 Å². The van der Waals surface area contributed by atoms with Crippen molar-refractivity contribution in [2.75, 3.05) is 7.11 Å². The summed E-state index contributed by atoms with van der Waals surface area (Å²) < 4.78 is 19.4. The van der Waals surface area contributed by atoms with Crippen molar-refractivity contribution in [3.63, 3.8) is 0 Å². The highest BCUT2D eigenvalue weighted by atomic mass is 79.9. The van der Waals surface area contributed by atoms with E-state index in [1.807, 2.05) is 0 Å². The zero-order valence-electron chi connectivity index (χ0n) is 10.6. The predicted octanol–water partition coefficient (Wildman–Crippen LogP) is 3.92. The minimum atomic E-state index is -0.838. The lowest BCUT2D eigenvalue weighted by Gasteiger charge is -2.13. The summed E-state index contributed by atoms with van der Waals surface area (Å²) in [5.74, 6) is 0.00409. The van der Waals surface area contributed by atoms with E-state index in [2.05, 4.69) is 20.9 Å². The van der Waals surface area contributed by atoms with Crippen LogP contribution in [0.25, 0.3) is 0 Å². The summed E-state index contributed by atoms with van der Waals surface area (Å²) in [5, 5.41) is 10.3. The molecule has 1 heterocycles. The second-order valence-corrected chi connectivity index (χ2v) is 5.44. The number of aromatic nitrogens is 1. The fourth-order valence-corrected chi connectivity index (χ4v) is 2.50. The first-order chi connectivity index (χ1) is 9.51. The van der Waals surface area contributed by atoms with Crippen molar-refractivity contribution in [1.29, 1.82) is 0 Å². The smallest absolute Gasteiger partial charge is 0.217 e. The Labute approximate surface area is 129 Å². The summed E-state index contributed by atoms with van der Waals surface area (Å²) >= 11 is 8.94. The van der Waals surface area contributed by atoms with Crippen molar-refractivity contribution in [2.24, 2.45) is 0 Å². The van der Waals surface area contributed by atoms with Crippen LogP contribution in [-0.2, 0) is 6.42 Å². The van der Waals surface area contributed by atoms with E-state index < -0.39 is 12.1 Å². The molecule has 2 aromatic rings. The van der Waals surface area contributed by atoms with Gasteiger partial charge in [-0.2, -0.15) is 4.39 Å². The first kappa shape index (κ1) is 15.2. The Morgan fingerprint density at radius 3 is 2.75 bits per heavy atom. The number of methoxy groups -OCH3 is 1. The lowest BCUT2D eigenvalue weighted by molar-refractivity contribution is 0.176. The zero-order valence-corrected chi connectivity index (χ0v) is 12.9. The second kappa shape index (κ2) is 6.52. The van der Waals surface area contributed by atoms with Crippen LogP contribution in [0, 0.1) is 5.95 Å². The summed E-state index contributed by atoms with van der Waals surface area (Å²) in [6, 6.07) is 8.22. The van der Waals surface area contributed by atoms with Gasteiger partial charge in [-0.05, 0) is 39.7 Å². The Balaban J connectivity index is 2.19. The van der Waals surface area contributed by atoms with Gasteiger partial charge in [0, 0.05) is 12.0 Å². The van der Waals surface area contributed by atoms with Gasteiger partial charge in [-0.15, -0.1) is 0 Å². The minimum absolute atomic E-state index is 0.0907. The van der Waals surface area contributed by atoms with E-state index in [4.69, 9.17) is 16.3 Å². The summed E-state index contributed by atoms with van der Waals surface area (Å²) in [6.45, 7) is 0. The second-order valence-electron chi connectivity index (χ2n) is 4.20. The summed E-state index contributed by atoms with van der Waals surface area (Å²) in [4.78, 5) is 3.52. The molecule has 0 radical (unpaired) electrons. The Bertz CT molecular complexity index is 624. The van der Waals surface area contributed by atoms with E-state index in [-0.39, 0.29) is 11.6 Å². The molecule has 106 valence electrons. The van der Waals surface area contributed by atoms with Crippen LogP contribution in [0.4, 0.5) is 4.39 Å². The van der Waals surface area contributed by atoms with Crippen LogP contribution in [0.5, 0.6) is 5.75 Å². The van der Waals surface area contributed by atoms with Gasteiger partial charge in [-0.3, -0.25) is 0 Å². The van der Waals surface area contributed by atoms with Crippen molar-refractivity contribution >= 4 is 27.5 Å². The number of benzene rings is 1. The minimum Gasteiger partial charge on any atom is -0.496 e. The molecule has 0 amide bonds. The third-order valence-corrected chi connectivity index (χ3v) is 3.70. The van der Waals surface area contributed by atoms with Gasteiger partial charge in [0.1, 0.15) is 10.9 Å². The van der Waals surface area contributed by atoms with Crippen LogP contribution in [-0.4, -0.2) is 17.2 Å². The highest BCUT2D eigenvalue weighted by Gasteiger charge is 2.14. The van der Waals surface area contributed by atoms with Crippen molar-refractivity contribution < 1.29 is 14.2 Å². The van der Waals surface area contributed by atoms with E-state index in [9.17, 15) is 9.50 Å². The molecule has 0 bridgehead atoms. The fourth-order valence-electron chi connectivity index (χ4n) is 1.81. The van der Waals surface area contributed by atoms with Gasteiger partial charge >= 0.3 is 0 Å². The largest absolute Gasteiger partial charge is 0.496 e. The molecule has 20 heavy (non-hydrogen) atoms. The number of rotatable bonds is 4. The van der Waals surface area contributed by atoms with Gasteiger partial charge in [-0.25, -0.2) is 4.98 Å². The van der Waals surface area contributed by atoms with E-state index in [1.165, 1.54) is 12.1 Å². The van der Waals surface area contributed by atoms with Crippen LogP contribution in [0.15, 0.2) is 34.8 Å². The van der Waals surface area contributed by atoms with E-state index in [1.54, 1.807) is 25.3 Å². The third-order valence-electron chi connectivity index (χ3n) is 2.87. The molecular formula is C14H12BrClFNO2. The maximum absolute atomic E-state index is 13.6. The highest BCUT2D eigenvalue weighted by Crippen LogP contribution is 2.29. The number of nitrogens with zero attached hydrogens (tertiary/aromatic N) is 1. The van der Waals surface area contributed by atoms with Crippen LogP contribution in [0.3, 0.4) is 0 Å². The number of halogens is 3. The molecule has 0 saturated heterocycles. The van der Waals surface area contributed by atoms with Crippen LogP contribution in [0.1, 0.15) is 17.2 Å². The van der Waals surface area contributed by atoms with Crippen LogP contribution < -0.4 is 4.74 Å². The van der Waals surface area contributed by atoms with Crippen LogP contribution in [0.2, 0.25) is 5.15 Å². The number of aliphatic hydroxyl groups is 1. The van der Waals surface area contributed by atoms with Gasteiger partial charge in [0.15, 0.2) is 0 Å². The van der Waals surface area contributed by atoms with Crippen molar-refractivity contribution in [3.8, 4) is 5.75 Å². The van der Waals surface area contributed by atoms with Gasteiger partial charge in [0.05, 0.1) is 17.7 Å². The molecule has 1 aromatic carbocycles. The average Bonchev–Trinajstić information content (AvgIpc) is 2.41. The number of pyridine rings is 1. The third kappa shape index (κ3) is 3.48. The van der Waals surface area contributed by atoms with Gasteiger partial charge in [0.25, 0.3) is 0 Å². The molecule has 0 aliphatic heterocycles. The molecule has 0 aliphatic rings. The number of hydrogen-bond donors (Lipinski definition) is 1. The molecule has 2 rings (SSSR count). The quantitative estimate of drug-likeness (QED) is 0.840. The average molecular weight is 361 g/mol. The molecule has 1 unspecified atom stereocenters. The Morgan fingerprint density at radius 1 is 1.40 bits per heavy atom. The number of ether oxygens (including phenoxy) is 1. The molecule has 6 heteroatoms. The normalized spacial score (nSPS) is 12.2. The SMILES string of the molecule is COc1ccc(C(O)Cc2ccc(Cl)nc2F)cc1Br. The predicted molar refractivity (Wildman–Crippen MR) is 78.6 cm³/mol. The summed E-state index contributed by atoms with van der Waals surface area (Å²) in [6.07, 6.45) is -0.718. The molecule has 1 atom stereocenters. The summed E-state index contributed by atoms with van der Waals surface area (Å²) in [5.41, 5.74) is 0.973. The highest BCUT2D eigenvalue weighted by molar-refractivity contribution is 9.10. The van der Waals surface area contributed by atoms with Crippen LogP contribution >= 0.6 is 27.5 Å². The maximum atomic E-state index is 13.6. The molecule has 1 N–H and O–H groups in total. The van der Waals surface area contributed by atoms with Gasteiger partial charge in [-0.1, -0.05) is 23.7 Å².